The van der Waals surface area contributed by atoms with E-state index >= 15 is 0 Å². The molecule has 19 heavy (non-hydrogen) atoms. The van der Waals surface area contributed by atoms with E-state index in [0.717, 1.165) is 19.7 Å². The molecule has 1 aliphatic carbocycles. The lowest BCUT2D eigenvalue weighted by molar-refractivity contribution is -0.0763. The van der Waals surface area contributed by atoms with Gasteiger partial charge in [-0.1, -0.05) is 6.92 Å². The van der Waals surface area contributed by atoms with Crippen molar-refractivity contribution < 1.29 is 4.74 Å². The van der Waals surface area contributed by atoms with E-state index < -0.39 is 0 Å². The largest absolute Gasteiger partial charge is 0.375 e. The highest BCUT2D eigenvalue weighted by Gasteiger charge is 2.39. The molecular formula is C16H32N2O. The van der Waals surface area contributed by atoms with E-state index in [1.807, 2.05) is 0 Å². The summed E-state index contributed by atoms with van der Waals surface area (Å²) in [5.41, 5.74) is 0.217. The molecule has 0 amide bonds. The van der Waals surface area contributed by atoms with Gasteiger partial charge in [-0.25, -0.2) is 0 Å². The summed E-state index contributed by atoms with van der Waals surface area (Å²) in [6.07, 6.45) is 4.45. The van der Waals surface area contributed by atoms with Crippen molar-refractivity contribution in [1.29, 1.82) is 0 Å². The molecule has 2 rings (SSSR count). The highest BCUT2D eigenvalue weighted by Crippen LogP contribution is 2.32. The van der Waals surface area contributed by atoms with Crippen LogP contribution >= 0.6 is 0 Å². The normalized spacial score (nSPS) is 32.1. The van der Waals surface area contributed by atoms with Crippen LogP contribution in [-0.2, 0) is 4.74 Å². The summed E-state index contributed by atoms with van der Waals surface area (Å²) in [4.78, 5) is 2.72. The second-order valence-electron chi connectivity index (χ2n) is 7.49. The van der Waals surface area contributed by atoms with Gasteiger partial charge in [0.25, 0.3) is 0 Å². The SMILES string of the molecule is CC(CNC(C)(C)C)C(C)N1CCOC2CCCC21. The van der Waals surface area contributed by atoms with Crippen LogP contribution in [0.1, 0.15) is 53.9 Å². The Labute approximate surface area is 119 Å². The number of rotatable bonds is 4. The molecule has 2 fully saturated rings. The second-order valence-corrected chi connectivity index (χ2v) is 7.49. The van der Waals surface area contributed by atoms with Gasteiger partial charge in [-0.15, -0.1) is 0 Å². The molecule has 0 aromatic rings. The van der Waals surface area contributed by atoms with Crippen molar-refractivity contribution in [2.75, 3.05) is 19.7 Å². The van der Waals surface area contributed by atoms with Crippen molar-refractivity contribution in [3.05, 3.63) is 0 Å². The van der Waals surface area contributed by atoms with Gasteiger partial charge in [-0.2, -0.15) is 0 Å². The third-order valence-corrected chi connectivity index (χ3v) is 4.83. The van der Waals surface area contributed by atoms with E-state index in [2.05, 4.69) is 44.8 Å². The van der Waals surface area contributed by atoms with Crippen molar-refractivity contribution in [3.63, 3.8) is 0 Å². The van der Waals surface area contributed by atoms with Crippen molar-refractivity contribution in [2.45, 2.75) is 77.6 Å². The fourth-order valence-electron chi connectivity index (χ4n) is 3.43. The van der Waals surface area contributed by atoms with Crippen LogP contribution < -0.4 is 5.32 Å². The summed E-state index contributed by atoms with van der Waals surface area (Å²) in [6.45, 7) is 14.6. The molecule has 1 N–H and O–H groups in total. The Kier molecular flexibility index (Phi) is 4.91. The Balaban J connectivity index is 1.88. The first-order valence-corrected chi connectivity index (χ1v) is 8.01. The number of fused-ring (bicyclic) bond motifs is 1. The van der Waals surface area contributed by atoms with E-state index in [9.17, 15) is 0 Å². The molecule has 1 saturated heterocycles. The lowest BCUT2D eigenvalue weighted by Gasteiger charge is -2.43. The number of hydrogen-bond donors (Lipinski definition) is 1. The van der Waals surface area contributed by atoms with Gasteiger partial charge in [0.05, 0.1) is 12.7 Å². The fraction of sp³-hybridized carbons (Fsp3) is 1.00. The molecule has 3 heteroatoms. The summed E-state index contributed by atoms with van der Waals surface area (Å²) in [5.74, 6) is 0.679. The molecular weight excluding hydrogens is 236 g/mol. The van der Waals surface area contributed by atoms with E-state index in [1.165, 1.54) is 19.3 Å². The van der Waals surface area contributed by atoms with Gasteiger partial charge >= 0.3 is 0 Å². The standard InChI is InChI=1S/C16H32N2O/c1-12(11-17-16(3,4)5)13(2)18-9-10-19-15-8-6-7-14(15)18/h12-15,17H,6-11H2,1-5H3. The Hall–Kier alpha value is -0.120. The molecule has 1 aliphatic heterocycles. The van der Waals surface area contributed by atoms with Gasteiger partial charge in [-0.3, -0.25) is 4.90 Å². The molecule has 0 aromatic carbocycles. The Bertz CT molecular complexity index is 287. The topological polar surface area (TPSA) is 24.5 Å². The van der Waals surface area contributed by atoms with Crippen LogP contribution in [0.25, 0.3) is 0 Å². The monoisotopic (exact) mass is 268 g/mol. The zero-order chi connectivity index (χ0) is 14.0. The first-order chi connectivity index (χ1) is 8.88. The molecule has 2 aliphatic rings. The van der Waals surface area contributed by atoms with Crippen molar-refractivity contribution in [1.82, 2.24) is 10.2 Å². The van der Waals surface area contributed by atoms with E-state index in [-0.39, 0.29) is 5.54 Å². The first-order valence-electron chi connectivity index (χ1n) is 8.01. The third-order valence-electron chi connectivity index (χ3n) is 4.83. The molecule has 4 atom stereocenters. The van der Waals surface area contributed by atoms with Crippen LogP contribution in [0.5, 0.6) is 0 Å². The van der Waals surface area contributed by atoms with Crippen molar-refractivity contribution in [2.24, 2.45) is 5.92 Å². The van der Waals surface area contributed by atoms with Crippen LogP contribution in [0, 0.1) is 5.92 Å². The number of nitrogens with one attached hydrogen (secondary N) is 1. The number of hydrogen-bond acceptors (Lipinski definition) is 3. The summed E-state index contributed by atoms with van der Waals surface area (Å²) in [7, 11) is 0. The van der Waals surface area contributed by atoms with Gasteiger partial charge in [0.15, 0.2) is 0 Å². The predicted octanol–water partition coefficient (Wildman–Crippen LogP) is 2.65. The number of nitrogens with zero attached hydrogens (tertiary/aromatic N) is 1. The van der Waals surface area contributed by atoms with E-state index in [1.54, 1.807) is 0 Å². The third kappa shape index (κ3) is 3.93. The van der Waals surface area contributed by atoms with Gasteiger partial charge in [-0.05, 0) is 59.4 Å². The summed E-state index contributed by atoms with van der Waals surface area (Å²) < 4.78 is 5.92. The van der Waals surface area contributed by atoms with Crippen LogP contribution in [0.3, 0.4) is 0 Å². The molecule has 0 aromatic heterocycles. The fourth-order valence-corrected chi connectivity index (χ4v) is 3.43. The molecule has 112 valence electrons. The minimum absolute atomic E-state index is 0.217. The summed E-state index contributed by atoms with van der Waals surface area (Å²) in [5, 5.41) is 3.64. The molecule has 4 unspecified atom stereocenters. The Morgan fingerprint density at radius 1 is 1.26 bits per heavy atom. The number of morpholine rings is 1. The maximum atomic E-state index is 5.92. The molecule has 3 nitrogen and oxygen atoms in total. The first kappa shape index (κ1) is 15.3. The number of ether oxygens (including phenoxy) is 1. The van der Waals surface area contributed by atoms with Gasteiger partial charge in [0.1, 0.15) is 0 Å². The average Bonchev–Trinajstić information content (AvgIpc) is 2.82. The van der Waals surface area contributed by atoms with Gasteiger partial charge in [0.2, 0.25) is 0 Å². The molecule has 0 bridgehead atoms. The van der Waals surface area contributed by atoms with Crippen LogP contribution in [0.2, 0.25) is 0 Å². The van der Waals surface area contributed by atoms with Crippen LogP contribution in [0.15, 0.2) is 0 Å². The minimum atomic E-state index is 0.217. The summed E-state index contributed by atoms with van der Waals surface area (Å²) in [6, 6.07) is 1.32. The lowest BCUT2D eigenvalue weighted by atomic mass is 9.97. The zero-order valence-electron chi connectivity index (χ0n) is 13.4. The van der Waals surface area contributed by atoms with Gasteiger partial charge in [0, 0.05) is 24.2 Å². The maximum absolute atomic E-state index is 5.92. The maximum Gasteiger partial charge on any atom is 0.0731 e. The van der Waals surface area contributed by atoms with Crippen molar-refractivity contribution in [3.8, 4) is 0 Å². The highest BCUT2D eigenvalue weighted by molar-refractivity contribution is 4.92. The lowest BCUT2D eigenvalue weighted by Crippen LogP contribution is -2.55. The highest BCUT2D eigenvalue weighted by atomic mass is 16.5. The molecule has 1 heterocycles. The predicted molar refractivity (Wildman–Crippen MR) is 80.5 cm³/mol. The minimum Gasteiger partial charge on any atom is -0.375 e. The quantitative estimate of drug-likeness (QED) is 0.848. The van der Waals surface area contributed by atoms with Gasteiger partial charge < -0.3 is 10.1 Å². The van der Waals surface area contributed by atoms with Crippen LogP contribution in [-0.4, -0.2) is 48.3 Å². The average molecular weight is 268 g/mol. The Morgan fingerprint density at radius 3 is 2.68 bits per heavy atom. The molecule has 0 radical (unpaired) electrons. The second kappa shape index (κ2) is 6.11. The Morgan fingerprint density at radius 2 is 2.00 bits per heavy atom. The molecule has 0 spiro atoms. The smallest absolute Gasteiger partial charge is 0.0731 e. The van der Waals surface area contributed by atoms with E-state index in [0.29, 0.717) is 24.1 Å². The van der Waals surface area contributed by atoms with E-state index in [4.69, 9.17) is 4.74 Å². The zero-order valence-corrected chi connectivity index (χ0v) is 13.4. The molecule has 1 saturated carbocycles. The van der Waals surface area contributed by atoms with Crippen molar-refractivity contribution >= 4 is 0 Å². The van der Waals surface area contributed by atoms with Crippen LogP contribution in [0.4, 0.5) is 0 Å². The summed E-state index contributed by atoms with van der Waals surface area (Å²) >= 11 is 0.